The van der Waals surface area contributed by atoms with Gasteiger partial charge in [-0.3, -0.25) is 0 Å². The van der Waals surface area contributed by atoms with Gasteiger partial charge in [0.15, 0.2) is 0 Å². The Bertz CT molecular complexity index is 1470. The highest BCUT2D eigenvalue weighted by molar-refractivity contribution is 5.84. The first-order valence-corrected chi connectivity index (χ1v) is 14.4. The Morgan fingerprint density at radius 2 is 0.425 bits per heavy atom. The number of aryl methyl sites for hydroxylation is 4. The second kappa shape index (κ2) is 10.8. The monoisotopic (exact) mass is 512 g/mol. The molecule has 192 valence electrons. The maximum Gasteiger partial charge on any atom is -0.0105 e. The van der Waals surface area contributed by atoms with Gasteiger partial charge < -0.3 is 0 Å². The van der Waals surface area contributed by atoms with Crippen LogP contribution in [0, 0.1) is 0 Å². The molecule has 0 saturated heterocycles. The van der Waals surface area contributed by atoms with Crippen LogP contribution in [-0.4, -0.2) is 0 Å². The van der Waals surface area contributed by atoms with Gasteiger partial charge in [0, 0.05) is 0 Å². The van der Waals surface area contributed by atoms with Crippen molar-refractivity contribution in [1.82, 2.24) is 0 Å². The molecule has 6 aromatic carbocycles. The Hall–Kier alpha value is -4.68. The summed E-state index contributed by atoms with van der Waals surface area (Å²) in [5.41, 5.74) is 15.7. The number of benzene rings is 6. The van der Waals surface area contributed by atoms with Crippen LogP contribution in [0.25, 0.3) is 44.5 Å². The maximum atomic E-state index is 2.29. The second-order valence-electron chi connectivity index (χ2n) is 10.9. The van der Waals surface area contributed by atoms with E-state index in [1.165, 1.54) is 66.8 Å². The molecule has 40 heavy (non-hydrogen) atoms. The first kappa shape index (κ1) is 24.4. The number of hydrogen-bond donors (Lipinski definition) is 0. The Morgan fingerprint density at radius 3 is 0.625 bits per heavy atom. The lowest BCUT2D eigenvalue weighted by atomic mass is 9.91. The smallest absolute Gasteiger partial charge is 0.0105 e. The molecule has 0 aromatic heterocycles. The van der Waals surface area contributed by atoms with Gasteiger partial charge in [-0.2, -0.15) is 0 Å². The van der Waals surface area contributed by atoms with Crippen molar-refractivity contribution in [3.05, 3.63) is 168 Å². The summed E-state index contributed by atoms with van der Waals surface area (Å²) in [4.78, 5) is 0. The summed E-state index contributed by atoms with van der Waals surface area (Å²) in [6.07, 6.45) is 4.13. The third kappa shape index (κ3) is 5.01. The predicted molar refractivity (Wildman–Crippen MR) is 169 cm³/mol. The molecule has 8 bridgehead atoms. The zero-order valence-electron chi connectivity index (χ0n) is 22.7. The molecule has 0 spiro atoms. The third-order valence-corrected chi connectivity index (χ3v) is 8.32. The van der Waals surface area contributed by atoms with Crippen LogP contribution in [0.1, 0.15) is 22.3 Å². The molecule has 0 N–H and O–H groups in total. The molecule has 0 heterocycles. The maximum absolute atomic E-state index is 2.29. The molecule has 7 aliphatic rings. The fraction of sp³-hybridized carbons (Fsp3) is 0.100. The highest BCUT2D eigenvalue weighted by atomic mass is 14.1. The first-order valence-electron chi connectivity index (χ1n) is 14.4. The van der Waals surface area contributed by atoms with E-state index in [0.29, 0.717) is 0 Å². The Balaban J connectivity index is 1.27. The Morgan fingerprint density at radius 1 is 0.225 bits per heavy atom. The van der Waals surface area contributed by atoms with Gasteiger partial charge in [-0.1, -0.05) is 146 Å². The summed E-state index contributed by atoms with van der Waals surface area (Å²) in [5.74, 6) is 0. The molecular weight excluding hydrogens is 480 g/mol. The molecule has 7 aliphatic carbocycles. The fourth-order valence-electron chi connectivity index (χ4n) is 5.95. The van der Waals surface area contributed by atoms with Crippen molar-refractivity contribution in [1.29, 1.82) is 0 Å². The molecule has 0 radical (unpaired) electrons. The highest BCUT2D eigenvalue weighted by Gasteiger charge is 2.10. The van der Waals surface area contributed by atoms with Gasteiger partial charge in [0.25, 0.3) is 0 Å². The summed E-state index contributed by atoms with van der Waals surface area (Å²) in [6, 6.07) is 54.2. The van der Waals surface area contributed by atoms with Crippen molar-refractivity contribution in [3.8, 4) is 44.5 Å². The van der Waals surface area contributed by atoms with E-state index in [2.05, 4.69) is 146 Å². The lowest BCUT2D eigenvalue weighted by Gasteiger charge is -2.13. The summed E-state index contributed by atoms with van der Waals surface area (Å²) in [7, 11) is 0. The summed E-state index contributed by atoms with van der Waals surface area (Å²) >= 11 is 0. The average molecular weight is 513 g/mol. The summed E-state index contributed by atoms with van der Waals surface area (Å²) in [5, 5.41) is 0. The quantitative estimate of drug-likeness (QED) is 0.190. The Kier molecular flexibility index (Phi) is 6.60. The van der Waals surface area contributed by atoms with Gasteiger partial charge in [-0.05, 0) is 92.4 Å². The van der Waals surface area contributed by atoms with E-state index < -0.39 is 0 Å². The van der Waals surface area contributed by atoms with Gasteiger partial charge in [0.1, 0.15) is 0 Å². The molecule has 0 aliphatic heterocycles. The molecule has 0 fully saturated rings. The second-order valence-corrected chi connectivity index (χ2v) is 10.9. The van der Waals surface area contributed by atoms with E-state index in [1.807, 2.05) is 0 Å². The summed E-state index contributed by atoms with van der Waals surface area (Å²) < 4.78 is 0. The van der Waals surface area contributed by atoms with Crippen LogP contribution in [0.3, 0.4) is 0 Å². The van der Waals surface area contributed by atoms with E-state index in [9.17, 15) is 0 Å². The van der Waals surface area contributed by atoms with Crippen molar-refractivity contribution < 1.29 is 0 Å². The number of hydrogen-bond acceptors (Lipinski definition) is 0. The van der Waals surface area contributed by atoms with Crippen LogP contribution in [0.4, 0.5) is 0 Å². The van der Waals surface area contributed by atoms with Crippen molar-refractivity contribution in [2.75, 3.05) is 0 Å². The van der Waals surface area contributed by atoms with Crippen molar-refractivity contribution in [2.24, 2.45) is 0 Å². The lowest BCUT2D eigenvalue weighted by Crippen LogP contribution is -1.94. The predicted octanol–water partition coefficient (Wildman–Crippen LogP) is 10.2. The molecule has 0 heteroatoms. The SMILES string of the molecule is c1ccc2c(c1)-c1ccc(cc1)CCc1ccc(cc1)-c1ccccc1-c1ccc(cc1)CCc1ccc-2cc1. The molecule has 6 aromatic rings. The first-order chi connectivity index (χ1) is 19.8. The minimum atomic E-state index is 1.03. The standard InChI is InChI=1S/C40H32/c1-2-6-38-34-23-15-30(16-24-34)11-12-32-19-27-36(28-20-32)40-8-4-3-7-39(40)35-25-17-31(18-26-35)10-9-29-13-21-33(22-14-29)37(38)5-1/h1-8,13-28H,9-12H2. The highest BCUT2D eigenvalue weighted by Crippen LogP contribution is 2.34. The largest absolute Gasteiger partial charge is 0.0616 e. The molecular formula is C40H32. The Labute approximate surface area is 237 Å². The molecule has 0 atom stereocenters. The topological polar surface area (TPSA) is 0 Å². The third-order valence-electron chi connectivity index (χ3n) is 8.32. The van der Waals surface area contributed by atoms with E-state index in [4.69, 9.17) is 0 Å². The van der Waals surface area contributed by atoms with Gasteiger partial charge >= 0.3 is 0 Å². The molecule has 0 nitrogen and oxygen atoms in total. The molecule has 0 amide bonds. The fourth-order valence-corrected chi connectivity index (χ4v) is 5.95. The summed E-state index contributed by atoms with van der Waals surface area (Å²) in [6.45, 7) is 0. The van der Waals surface area contributed by atoms with Crippen LogP contribution in [0.15, 0.2) is 146 Å². The van der Waals surface area contributed by atoms with Crippen molar-refractivity contribution in [3.63, 3.8) is 0 Å². The van der Waals surface area contributed by atoms with E-state index in [1.54, 1.807) is 0 Å². The van der Waals surface area contributed by atoms with E-state index >= 15 is 0 Å². The van der Waals surface area contributed by atoms with Crippen LogP contribution in [0.5, 0.6) is 0 Å². The van der Waals surface area contributed by atoms with Gasteiger partial charge in [-0.15, -0.1) is 0 Å². The van der Waals surface area contributed by atoms with Gasteiger partial charge in [0.05, 0.1) is 0 Å². The van der Waals surface area contributed by atoms with Crippen LogP contribution in [-0.2, 0) is 25.7 Å². The van der Waals surface area contributed by atoms with Crippen LogP contribution >= 0.6 is 0 Å². The van der Waals surface area contributed by atoms with Crippen molar-refractivity contribution in [2.45, 2.75) is 25.7 Å². The minimum Gasteiger partial charge on any atom is -0.0616 e. The average Bonchev–Trinajstić information content (AvgIpc) is 3.03. The van der Waals surface area contributed by atoms with Crippen LogP contribution in [0.2, 0.25) is 0 Å². The van der Waals surface area contributed by atoms with Crippen molar-refractivity contribution >= 4 is 0 Å². The van der Waals surface area contributed by atoms with Crippen LogP contribution < -0.4 is 0 Å². The molecule has 0 unspecified atom stereocenters. The van der Waals surface area contributed by atoms with Gasteiger partial charge in [0.2, 0.25) is 0 Å². The zero-order chi connectivity index (χ0) is 26.7. The minimum absolute atomic E-state index is 1.03. The number of rotatable bonds is 0. The van der Waals surface area contributed by atoms with E-state index in [0.717, 1.165) is 25.7 Å². The lowest BCUT2D eigenvalue weighted by molar-refractivity contribution is 0.960. The molecule has 13 rings (SSSR count). The van der Waals surface area contributed by atoms with Gasteiger partial charge in [-0.25, -0.2) is 0 Å². The zero-order valence-corrected chi connectivity index (χ0v) is 22.7. The molecule has 0 saturated carbocycles. The van der Waals surface area contributed by atoms with E-state index in [-0.39, 0.29) is 0 Å². The normalized spacial score (nSPS) is 12.6.